The number of aromatic nitrogens is 3. The molecule has 2 aromatic heterocycles. The minimum absolute atomic E-state index is 0.103. The number of hydrogen-bond donors (Lipinski definition) is 0. The molecular formula is C19H18F2N4O. The zero-order valence-corrected chi connectivity index (χ0v) is 14.5. The highest BCUT2D eigenvalue weighted by molar-refractivity contribution is 6.11. The molecule has 2 heterocycles. The van der Waals surface area contributed by atoms with Gasteiger partial charge in [0.25, 0.3) is 0 Å². The van der Waals surface area contributed by atoms with Gasteiger partial charge in [0, 0.05) is 36.2 Å². The third-order valence-electron chi connectivity index (χ3n) is 3.81. The molecule has 0 radical (unpaired) electrons. The van der Waals surface area contributed by atoms with Crippen molar-refractivity contribution < 1.29 is 13.5 Å². The van der Waals surface area contributed by atoms with E-state index in [4.69, 9.17) is 4.74 Å². The summed E-state index contributed by atoms with van der Waals surface area (Å²) in [6.45, 7) is 1.17. The summed E-state index contributed by atoms with van der Waals surface area (Å²) in [4.78, 5) is 8.67. The van der Waals surface area contributed by atoms with Gasteiger partial charge in [-0.2, -0.15) is 5.10 Å². The van der Waals surface area contributed by atoms with Gasteiger partial charge in [-0.1, -0.05) is 6.08 Å². The van der Waals surface area contributed by atoms with Crippen LogP contribution in [-0.2, 0) is 0 Å². The van der Waals surface area contributed by atoms with Crippen molar-refractivity contribution in [1.29, 1.82) is 0 Å². The minimum atomic E-state index is -0.628. The molecule has 0 amide bonds. The van der Waals surface area contributed by atoms with Gasteiger partial charge in [0.2, 0.25) is 0 Å². The van der Waals surface area contributed by atoms with E-state index in [0.29, 0.717) is 22.7 Å². The molecule has 3 rings (SSSR count). The second kappa shape index (κ2) is 7.86. The Labute approximate surface area is 149 Å². The van der Waals surface area contributed by atoms with Crippen LogP contribution in [0.2, 0.25) is 0 Å². The second-order valence-corrected chi connectivity index (χ2v) is 5.45. The Morgan fingerprint density at radius 3 is 2.92 bits per heavy atom. The molecule has 7 heteroatoms. The van der Waals surface area contributed by atoms with Crippen molar-refractivity contribution in [3.8, 4) is 17.0 Å². The quantitative estimate of drug-likeness (QED) is 0.628. The maximum absolute atomic E-state index is 13.8. The van der Waals surface area contributed by atoms with Gasteiger partial charge < -0.3 is 4.74 Å². The molecule has 0 spiro atoms. The molecule has 26 heavy (non-hydrogen) atoms. The summed E-state index contributed by atoms with van der Waals surface area (Å²) >= 11 is 0. The van der Waals surface area contributed by atoms with E-state index in [0.717, 1.165) is 11.1 Å². The first kappa shape index (κ1) is 17.7. The van der Waals surface area contributed by atoms with Crippen molar-refractivity contribution in [1.82, 2.24) is 14.6 Å². The van der Waals surface area contributed by atoms with Crippen LogP contribution in [0.5, 0.6) is 5.75 Å². The van der Waals surface area contributed by atoms with Crippen LogP contribution in [0.4, 0.5) is 8.78 Å². The largest absolute Gasteiger partial charge is 0.490 e. The van der Waals surface area contributed by atoms with E-state index < -0.39 is 12.5 Å². The summed E-state index contributed by atoms with van der Waals surface area (Å²) in [5, 5.41) is 4.29. The molecule has 0 aliphatic carbocycles. The third kappa shape index (κ3) is 3.46. The normalized spacial score (nSPS) is 12.2. The van der Waals surface area contributed by atoms with Gasteiger partial charge >= 0.3 is 0 Å². The van der Waals surface area contributed by atoms with E-state index in [1.807, 2.05) is 13.0 Å². The molecule has 0 N–H and O–H groups in total. The molecule has 5 nitrogen and oxygen atoms in total. The Balaban J connectivity index is 2.14. The number of aliphatic imine (C=N–C) groups is 1. The fourth-order valence-electron chi connectivity index (χ4n) is 2.64. The van der Waals surface area contributed by atoms with Gasteiger partial charge in [0.1, 0.15) is 24.8 Å². The lowest BCUT2D eigenvalue weighted by Crippen LogP contribution is -2.01. The molecule has 0 atom stereocenters. The van der Waals surface area contributed by atoms with Gasteiger partial charge in [-0.25, -0.2) is 18.3 Å². The molecule has 0 bridgehead atoms. The Morgan fingerprint density at radius 2 is 2.19 bits per heavy atom. The lowest BCUT2D eigenvalue weighted by atomic mass is 10.1. The van der Waals surface area contributed by atoms with E-state index in [-0.39, 0.29) is 6.61 Å². The van der Waals surface area contributed by atoms with Gasteiger partial charge in [-0.15, -0.1) is 0 Å². The number of halogens is 2. The summed E-state index contributed by atoms with van der Waals surface area (Å²) in [6, 6.07) is 5.79. The Kier molecular flexibility index (Phi) is 5.36. The van der Waals surface area contributed by atoms with E-state index in [9.17, 15) is 8.78 Å². The number of benzene rings is 1. The van der Waals surface area contributed by atoms with E-state index in [1.165, 1.54) is 18.2 Å². The van der Waals surface area contributed by atoms with E-state index in [2.05, 4.69) is 15.1 Å². The minimum Gasteiger partial charge on any atom is -0.490 e. The number of alkyl halides is 1. The van der Waals surface area contributed by atoms with Crippen LogP contribution in [0.3, 0.4) is 0 Å². The van der Waals surface area contributed by atoms with Crippen molar-refractivity contribution in [3.05, 3.63) is 54.1 Å². The van der Waals surface area contributed by atoms with Crippen LogP contribution in [0.25, 0.3) is 22.5 Å². The predicted octanol–water partition coefficient (Wildman–Crippen LogP) is 3.99. The molecule has 0 aliphatic rings. The first-order valence-electron chi connectivity index (χ1n) is 8.10. The Bertz CT molecular complexity index is 979. The average molecular weight is 356 g/mol. The fourth-order valence-corrected chi connectivity index (χ4v) is 2.64. The molecule has 134 valence electrons. The molecule has 0 saturated heterocycles. The summed E-state index contributed by atoms with van der Waals surface area (Å²) in [7, 11) is 1.69. The van der Waals surface area contributed by atoms with Crippen LogP contribution >= 0.6 is 0 Å². The number of hydrogen-bond acceptors (Lipinski definition) is 4. The molecular weight excluding hydrogens is 338 g/mol. The third-order valence-corrected chi connectivity index (χ3v) is 3.81. The maximum Gasteiger partial charge on any atom is 0.163 e. The number of rotatable bonds is 6. The van der Waals surface area contributed by atoms with E-state index in [1.54, 1.807) is 36.2 Å². The van der Waals surface area contributed by atoms with Crippen LogP contribution in [0.1, 0.15) is 12.5 Å². The summed E-state index contributed by atoms with van der Waals surface area (Å²) in [5.41, 5.74) is 3.26. The molecule has 0 unspecified atom stereocenters. The first-order valence-corrected chi connectivity index (χ1v) is 8.10. The fraction of sp³-hybridized carbons (Fsp3) is 0.211. The number of nitrogens with zero attached hydrogens (tertiary/aromatic N) is 4. The maximum atomic E-state index is 13.8. The molecule has 1 aromatic carbocycles. The lowest BCUT2D eigenvalue weighted by molar-refractivity contribution is 0.274. The number of ether oxygens (including phenoxy) is 1. The summed E-state index contributed by atoms with van der Waals surface area (Å²) in [6.07, 6.45) is 7.08. The van der Waals surface area contributed by atoms with Crippen molar-refractivity contribution in [2.75, 3.05) is 20.3 Å². The van der Waals surface area contributed by atoms with Crippen LogP contribution in [0, 0.1) is 5.82 Å². The zero-order chi connectivity index (χ0) is 18.5. The van der Waals surface area contributed by atoms with Crippen molar-refractivity contribution in [2.45, 2.75) is 6.92 Å². The first-order chi connectivity index (χ1) is 12.7. The van der Waals surface area contributed by atoms with Crippen molar-refractivity contribution >= 4 is 17.4 Å². The molecule has 0 fully saturated rings. The monoisotopic (exact) mass is 356 g/mol. The standard InChI is InChI=1S/C19H18F2N4O/c1-3-13(11-22-2)16-12-23-25-8-6-17(24-19(16)25)15-10-14(21)4-5-18(15)26-9-7-20/h3-6,8,10-12H,7,9H2,1-2H3/b13-3+,22-11-. The number of allylic oxidation sites excluding steroid dienone is 2. The van der Waals surface area contributed by atoms with Gasteiger partial charge in [-0.3, -0.25) is 4.99 Å². The highest BCUT2D eigenvalue weighted by atomic mass is 19.1. The number of fused-ring (bicyclic) bond motifs is 1. The lowest BCUT2D eigenvalue weighted by Gasteiger charge is -2.10. The smallest absolute Gasteiger partial charge is 0.163 e. The predicted molar refractivity (Wildman–Crippen MR) is 97.9 cm³/mol. The van der Waals surface area contributed by atoms with Crippen LogP contribution in [-0.4, -0.2) is 41.1 Å². The highest BCUT2D eigenvalue weighted by Crippen LogP contribution is 2.30. The van der Waals surface area contributed by atoms with Crippen molar-refractivity contribution in [3.63, 3.8) is 0 Å². The second-order valence-electron chi connectivity index (χ2n) is 5.45. The molecule has 3 aromatic rings. The summed E-state index contributed by atoms with van der Waals surface area (Å²) < 4.78 is 33.3. The Morgan fingerprint density at radius 1 is 1.35 bits per heavy atom. The van der Waals surface area contributed by atoms with Gasteiger partial charge in [0.15, 0.2) is 5.65 Å². The highest BCUT2D eigenvalue weighted by Gasteiger charge is 2.14. The molecule has 0 saturated carbocycles. The average Bonchev–Trinajstić information content (AvgIpc) is 3.08. The zero-order valence-electron chi connectivity index (χ0n) is 14.5. The summed E-state index contributed by atoms with van der Waals surface area (Å²) in [5.74, 6) is -0.0430. The topological polar surface area (TPSA) is 51.8 Å². The van der Waals surface area contributed by atoms with Crippen LogP contribution < -0.4 is 4.74 Å². The van der Waals surface area contributed by atoms with Crippen molar-refractivity contribution in [2.24, 2.45) is 4.99 Å². The van der Waals surface area contributed by atoms with Gasteiger partial charge in [-0.05, 0) is 31.2 Å². The Hall–Kier alpha value is -3.09. The van der Waals surface area contributed by atoms with Crippen LogP contribution in [0.15, 0.2) is 47.7 Å². The van der Waals surface area contributed by atoms with E-state index >= 15 is 0 Å². The van der Waals surface area contributed by atoms with Gasteiger partial charge in [0.05, 0.1) is 11.9 Å². The SMILES string of the molecule is C/C=C(\C=N/C)c1cnn2ccc(-c3cc(F)ccc3OCCF)nc12. The molecule has 0 aliphatic heterocycles.